The second-order valence-electron chi connectivity index (χ2n) is 5.76. The maximum Gasteiger partial charge on any atom is 0.416 e. The van der Waals surface area contributed by atoms with E-state index in [0.29, 0.717) is 4.88 Å². The molecule has 146 valence electrons. The van der Waals surface area contributed by atoms with Gasteiger partial charge in [0, 0.05) is 15.8 Å². The van der Waals surface area contributed by atoms with Gasteiger partial charge in [0.25, 0.3) is 5.91 Å². The van der Waals surface area contributed by atoms with Gasteiger partial charge in [0.05, 0.1) is 18.0 Å². The molecule has 0 aliphatic rings. The fourth-order valence-electron chi connectivity index (χ4n) is 2.46. The molecule has 0 spiro atoms. The molecule has 0 unspecified atom stereocenters. The van der Waals surface area contributed by atoms with Gasteiger partial charge < -0.3 is 10.4 Å². The number of carboxylic acids is 1. The van der Waals surface area contributed by atoms with Crippen molar-refractivity contribution in [1.29, 1.82) is 0 Å². The Hall–Kier alpha value is -2.72. The average molecular weight is 426 g/mol. The Morgan fingerprint density at radius 2 is 1.96 bits per heavy atom. The van der Waals surface area contributed by atoms with Crippen molar-refractivity contribution in [1.82, 2.24) is 10.3 Å². The number of alkyl halides is 3. The maximum absolute atomic E-state index is 12.9. The Labute approximate surface area is 165 Å². The number of aliphatic carboxylic acids is 1. The molecule has 2 N–H and O–H groups in total. The van der Waals surface area contributed by atoms with E-state index in [4.69, 9.17) is 5.11 Å². The number of amides is 1. The van der Waals surface area contributed by atoms with E-state index in [-0.39, 0.29) is 22.7 Å². The SMILES string of the molecule is O=C(O)C[C@@H](NC(=O)c1csc(-c2cccc(C(F)(F)F)c2)n1)c1cccs1. The first kappa shape index (κ1) is 20.0. The van der Waals surface area contributed by atoms with Crippen molar-refractivity contribution in [3.05, 3.63) is 63.3 Å². The number of rotatable bonds is 6. The summed E-state index contributed by atoms with van der Waals surface area (Å²) in [6.07, 6.45) is -4.77. The van der Waals surface area contributed by atoms with Gasteiger partial charge in [0.2, 0.25) is 0 Å². The second kappa shape index (κ2) is 8.11. The lowest BCUT2D eigenvalue weighted by Gasteiger charge is -2.14. The minimum absolute atomic E-state index is 0.0179. The highest BCUT2D eigenvalue weighted by Gasteiger charge is 2.30. The predicted molar refractivity (Wildman–Crippen MR) is 99.3 cm³/mol. The van der Waals surface area contributed by atoms with Crippen LogP contribution >= 0.6 is 22.7 Å². The molecule has 0 bridgehead atoms. The number of carbonyl (C=O) groups is 2. The Balaban J connectivity index is 1.79. The number of thiophene rings is 1. The summed E-state index contributed by atoms with van der Waals surface area (Å²) >= 11 is 2.35. The summed E-state index contributed by atoms with van der Waals surface area (Å²) in [6.45, 7) is 0. The minimum Gasteiger partial charge on any atom is -0.481 e. The first-order chi connectivity index (χ1) is 13.2. The number of halogens is 3. The van der Waals surface area contributed by atoms with Crippen molar-refractivity contribution in [2.45, 2.75) is 18.6 Å². The molecule has 3 aromatic rings. The Bertz CT molecular complexity index is 984. The lowest BCUT2D eigenvalue weighted by atomic mass is 10.1. The van der Waals surface area contributed by atoms with Gasteiger partial charge in [-0.25, -0.2) is 4.98 Å². The largest absolute Gasteiger partial charge is 0.481 e. The number of hydrogen-bond donors (Lipinski definition) is 2. The third-order valence-electron chi connectivity index (χ3n) is 3.74. The second-order valence-corrected chi connectivity index (χ2v) is 7.59. The van der Waals surface area contributed by atoms with Crippen LogP contribution in [0.15, 0.2) is 47.2 Å². The van der Waals surface area contributed by atoms with Gasteiger partial charge >= 0.3 is 12.1 Å². The molecule has 0 aliphatic heterocycles. The first-order valence-electron chi connectivity index (χ1n) is 7.93. The van der Waals surface area contributed by atoms with Crippen molar-refractivity contribution >= 4 is 34.6 Å². The van der Waals surface area contributed by atoms with Crippen molar-refractivity contribution < 1.29 is 27.9 Å². The molecule has 1 amide bonds. The van der Waals surface area contributed by atoms with Crippen molar-refractivity contribution in [2.75, 3.05) is 0 Å². The van der Waals surface area contributed by atoms with Crippen molar-refractivity contribution in [3.63, 3.8) is 0 Å². The lowest BCUT2D eigenvalue weighted by Crippen LogP contribution is -2.29. The number of nitrogens with one attached hydrogen (secondary N) is 1. The number of carbonyl (C=O) groups excluding carboxylic acids is 1. The van der Waals surface area contributed by atoms with E-state index in [9.17, 15) is 22.8 Å². The predicted octanol–water partition coefficient (Wildman–Crippen LogP) is 4.84. The van der Waals surface area contributed by atoms with Gasteiger partial charge in [-0.1, -0.05) is 18.2 Å². The standard InChI is InChI=1S/C18H13F3N2O3S2/c19-18(20,21)11-4-1-3-10(7-11)17-23-13(9-28-17)16(26)22-12(8-15(24)25)14-5-2-6-27-14/h1-7,9,12H,8H2,(H,22,26)(H,24,25)/t12-/m1/s1. The molecular formula is C18H13F3N2O3S2. The normalized spacial score (nSPS) is 12.5. The van der Waals surface area contributed by atoms with E-state index in [1.807, 2.05) is 0 Å². The topological polar surface area (TPSA) is 79.3 Å². The molecule has 28 heavy (non-hydrogen) atoms. The van der Waals surface area contributed by atoms with Crippen LogP contribution in [0, 0.1) is 0 Å². The number of carboxylic acid groups (broad SMARTS) is 1. The number of aromatic nitrogens is 1. The molecule has 2 aromatic heterocycles. The van der Waals surface area contributed by atoms with Crippen LogP contribution < -0.4 is 5.32 Å². The fourth-order valence-corrected chi connectivity index (χ4v) is 4.03. The molecule has 0 saturated carbocycles. The molecular weight excluding hydrogens is 413 g/mol. The van der Waals surface area contributed by atoms with E-state index >= 15 is 0 Å². The fraction of sp³-hybridized carbons (Fsp3) is 0.167. The molecule has 0 saturated heterocycles. The third-order valence-corrected chi connectivity index (χ3v) is 5.62. The zero-order chi connectivity index (χ0) is 20.3. The van der Waals surface area contributed by atoms with E-state index in [1.54, 1.807) is 17.5 Å². The molecule has 2 heterocycles. The summed E-state index contributed by atoms with van der Waals surface area (Å²) in [5.41, 5.74) is -0.533. The van der Waals surface area contributed by atoms with Crippen LogP contribution in [0.5, 0.6) is 0 Å². The molecule has 0 aliphatic carbocycles. The number of hydrogen-bond acceptors (Lipinski definition) is 5. The summed E-state index contributed by atoms with van der Waals surface area (Å²) < 4.78 is 38.6. The van der Waals surface area contributed by atoms with Crippen LogP contribution in [0.3, 0.4) is 0 Å². The van der Waals surface area contributed by atoms with Crippen molar-refractivity contribution in [3.8, 4) is 10.6 Å². The monoisotopic (exact) mass is 426 g/mol. The van der Waals surface area contributed by atoms with Gasteiger partial charge in [-0.05, 0) is 23.6 Å². The lowest BCUT2D eigenvalue weighted by molar-refractivity contribution is -0.138. The average Bonchev–Trinajstić information content (AvgIpc) is 3.32. The zero-order valence-electron chi connectivity index (χ0n) is 14.1. The summed E-state index contributed by atoms with van der Waals surface area (Å²) in [5, 5.41) is 15.1. The minimum atomic E-state index is -4.47. The van der Waals surface area contributed by atoms with Crippen molar-refractivity contribution in [2.24, 2.45) is 0 Å². The molecule has 3 rings (SSSR count). The Kier molecular flexibility index (Phi) is 5.80. The number of nitrogens with zero attached hydrogens (tertiary/aromatic N) is 1. The van der Waals surface area contributed by atoms with E-state index in [1.165, 1.54) is 28.8 Å². The number of benzene rings is 1. The highest BCUT2D eigenvalue weighted by atomic mass is 32.1. The molecule has 0 fully saturated rings. The molecule has 1 atom stereocenters. The summed E-state index contributed by atoms with van der Waals surface area (Å²) in [5.74, 6) is -1.66. The quantitative estimate of drug-likeness (QED) is 0.591. The van der Waals surface area contributed by atoms with E-state index in [0.717, 1.165) is 23.5 Å². The van der Waals surface area contributed by atoms with Gasteiger partial charge in [-0.3, -0.25) is 9.59 Å². The molecule has 0 radical (unpaired) electrons. The maximum atomic E-state index is 12.9. The summed E-state index contributed by atoms with van der Waals surface area (Å²) in [6, 6.07) is 7.43. The highest BCUT2D eigenvalue weighted by Crippen LogP contribution is 2.33. The third kappa shape index (κ3) is 4.76. The van der Waals surface area contributed by atoms with Crippen LogP contribution in [0.4, 0.5) is 13.2 Å². The Morgan fingerprint density at radius 3 is 2.61 bits per heavy atom. The Morgan fingerprint density at radius 1 is 1.18 bits per heavy atom. The molecule has 1 aromatic carbocycles. The van der Waals surface area contributed by atoms with Gasteiger partial charge in [-0.15, -0.1) is 22.7 Å². The van der Waals surface area contributed by atoms with Crippen LogP contribution in [0.25, 0.3) is 10.6 Å². The smallest absolute Gasteiger partial charge is 0.416 e. The summed E-state index contributed by atoms with van der Waals surface area (Å²) in [4.78, 5) is 28.3. The van der Waals surface area contributed by atoms with Gasteiger partial charge in [0.1, 0.15) is 10.7 Å². The van der Waals surface area contributed by atoms with Crippen LogP contribution in [0.2, 0.25) is 0 Å². The number of thiazole rings is 1. The summed E-state index contributed by atoms with van der Waals surface area (Å²) in [7, 11) is 0. The molecule has 10 heteroatoms. The van der Waals surface area contributed by atoms with E-state index in [2.05, 4.69) is 10.3 Å². The van der Waals surface area contributed by atoms with Crippen LogP contribution in [-0.4, -0.2) is 22.0 Å². The highest BCUT2D eigenvalue weighted by molar-refractivity contribution is 7.13. The first-order valence-corrected chi connectivity index (χ1v) is 9.69. The van der Waals surface area contributed by atoms with Gasteiger partial charge in [-0.2, -0.15) is 13.2 Å². The van der Waals surface area contributed by atoms with Crippen LogP contribution in [-0.2, 0) is 11.0 Å². The zero-order valence-corrected chi connectivity index (χ0v) is 15.7. The van der Waals surface area contributed by atoms with Gasteiger partial charge in [0.15, 0.2) is 0 Å². The molecule has 5 nitrogen and oxygen atoms in total. The van der Waals surface area contributed by atoms with E-state index < -0.39 is 29.7 Å². The van der Waals surface area contributed by atoms with Crippen LogP contribution in [0.1, 0.15) is 33.4 Å².